The zero-order valence-corrected chi connectivity index (χ0v) is 12.2. The number of alkyl carbamates (subject to hydrolysis) is 3. The monoisotopic (exact) mass is 319 g/mol. The molecule has 4 N–H and O–H groups in total. The normalized spacial score (nSPS) is 11.7. The molecule has 0 rings (SSSR count). The first kappa shape index (κ1) is 19.0. The number of hydrogen-bond donors (Lipinski definition) is 4. The topological polar surface area (TPSA) is 152 Å². The lowest BCUT2D eigenvalue weighted by atomic mass is 10.1. The molecule has 11 nitrogen and oxygen atoms in total. The Bertz CT molecular complexity index is 462. The van der Waals surface area contributed by atoms with E-state index in [0.29, 0.717) is 0 Å². The van der Waals surface area contributed by atoms with Gasteiger partial charge in [-0.25, -0.2) is 19.2 Å². The van der Waals surface area contributed by atoms with Crippen molar-refractivity contribution in [1.82, 2.24) is 16.0 Å². The van der Waals surface area contributed by atoms with E-state index in [1.165, 1.54) is 0 Å². The van der Waals surface area contributed by atoms with Crippen LogP contribution in [0.25, 0.3) is 0 Å². The van der Waals surface area contributed by atoms with Crippen molar-refractivity contribution in [2.24, 2.45) is 0 Å². The van der Waals surface area contributed by atoms with Gasteiger partial charge in [-0.15, -0.1) is 0 Å². The molecule has 0 saturated carbocycles. The zero-order valence-electron chi connectivity index (χ0n) is 12.2. The van der Waals surface area contributed by atoms with Crippen LogP contribution in [0.1, 0.15) is 6.42 Å². The third kappa shape index (κ3) is 7.57. The zero-order chi connectivity index (χ0) is 17.1. The molecule has 0 saturated heterocycles. The number of hydrogen-bond acceptors (Lipinski definition) is 7. The van der Waals surface area contributed by atoms with Gasteiger partial charge in [0.2, 0.25) is 0 Å². The highest BCUT2D eigenvalue weighted by atomic mass is 16.5. The van der Waals surface area contributed by atoms with Crippen LogP contribution in [-0.4, -0.2) is 56.7 Å². The predicted molar refractivity (Wildman–Crippen MR) is 70.7 cm³/mol. The maximum atomic E-state index is 11.2. The Hall–Kier alpha value is -2.98. The Morgan fingerprint density at radius 3 is 2.00 bits per heavy atom. The van der Waals surface area contributed by atoms with E-state index >= 15 is 0 Å². The number of carbonyl (C=O) groups excluding carboxylic acids is 3. The summed E-state index contributed by atoms with van der Waals surface area (Å²) in [4.78, 5) is 44.3. The highest BCUT2D eigenvalue weighted by Crippen LogP contribution is 2.04. The Balaban J connectivity index is 5.04. The number of carboxylic acid groups (broad SMARTS) is 1. The standard InChI is InChI=1S/C11H17N3O8/c1-20-9(17)12-5-6(13-10(18)21-2)4-7(8(15)16)14-11(19)22-3/h5,7H,4H2,1-3H3,(H,12,17)(H,13,18)(H,14,19)(H,15,16)/b6-5+/t7-/m0/s1. The summed E-state index contributed by atoms with van der Waals surface area (Å²) in [5.41, 5.74) is -0.0407. The first-order chi connectivity index (χ1) is 10.3. The lowest BCUT2D eigenvalue weighted by Crippen LogP contribution is -2.42. The van der Waals surface area contributed by atoms with Crippen LogP contribution in [0.5, 0.6) is 0 Å². The molecule has 0 aromatic rings. The van der Waals surface area contributed by atoms with Gasteiger partial charge in [-0.1, -0.05) is 0 Å². The fraction of sp³-hybridized carbons (Fsp3) is 0.455. The van der Waals surface area contributed by atoms with E-state index in [4.69, 9.17) is 5.11 Å². The van der Waals surface area contributed by atoms with Crippen LogP contribution in [0, 0.1) is 0 Å². The molecule has 0 fully saturated rings. The number of carbonyl (C=O) groups is 4. The van der Waals surface area contributed by atoms with Gasteiger partial charge >= 0.3 is 24.2 Å². The van der Waals surface area contributed by atoms with Gasteiger partial charge in [-0.3, -0.25) is 10.6 Å². The second kappa shape index (κ2) is 9.85. The molecule has 0 aromatic heterocycles. The van der Waals surface area contributed by atoms with Gasteiger partial charge < -0.3 is 24.6 Å². The van der Waals surface area contributed by atoms with Gasteiger partial charge in [0.25, 0.3) is 0 Å². The molecular formula is C11H17N3O8. The Kier molecular flexibility index (Phi) is 8.52. The van der Waals surface area contributed by atoms with Crippen molar-refractivity contribution in [3.05, 3.63) is 11.9 Å². The van der Waals surface area contributed by atoms with Gasteiger partial charge in [0.15, 0.2) is 0 Å². The van der Waals surface area contributed by atoms with Crippen LogP contribution in [-0.2, 0) is 19.0 Å². The highest BCUT2D eigenvalue weighted by Gasteiger charge is 2.23. The average molecular weight is 319 g/mol. The minimum absolute atomic E-state index is 0.0407. The summed E-state index contributed by atoms with van der Waals surface area (Å²) in [5.74, 6) is -1.37. The number of methoxy groups -OCH3 is 3. The molecule has 3 amide bonds. The third-order valence-electron chi connectivity index (χ3n) is 2.20. The smallest absolute Gasteiger partial charge is 0.411 e. The molecule has 11 heteroatoms. The summed E-state index contributed by atoms with van der Waals surface area (Å²) in [6, 6.07) is -1.41. The average Bonchev–Trinajstić information content (AvgIpc) is 2.50. The molecule has 0 aliphatic carbocycles. The van der Waals surface area contributed by atoms with Crippen molar-refractivity contribution in [1.29, 1.82) is 0 Å². The molecule has 124 valence electrons. The molecule has 0 bridgehead atoms. The number of rotatable bonds is 6. The summed E-state index contributed by atoms with van der Waals surface area (Å²) in [5, 5.41) is 15.4. The van der Waals surface area contributed by atoms with Crippen LogP contribution < -0.4 is 16.0 Å². The molecular weight excluding hydrogens is 302 g/mol. The number of aliphatic carboxylic acids is 1. The second-order valence-electron chi connectivity index (χ2n) is 3.65. The van der Waals surface area contributed by atoms with Gasteiger partial charge in [-0.2, -0.15) is 0 Å². The van der Waals surface area contributed by atoms with Crippen molar-refractivity contribution >= 4 is 24.2 Å². The van der Waals surface area contributed by atoms with E-state index in [2.05, 4.69) is 30.2 Å². The van der Waals surface area contributed by atoms with Crippen LogP contribution in [0.4, 0.5) is 14.4 Å². The Labute approximate surface area is 125 Å². The summed E-state index contributed by atoms with van der Waals surface area (Å²) >= 11 is 0. The second-order valence-corrected chi connectivity index (χ2v) is 3.65. The summed E-state index contributed by atoms with van der Waals surface area (Å²) in [6.07, 6.45) is -2.04. The van der Waals surface area contributed by atoms with E-state index in [9.17, 15) is 19.2 Å². The Morgan fingerprint density at radius 2 is 1.55 bits per heavy atom. The Morgan fingerprint density at radius 1 is 1.00 bits per heavy atom. The van der Waals surface area contributed by atoms with E-state index in [0.717, 1.165) is 27.5 Å². The number of amides is 3. The summed E-state index contributed by atoms with van der Waals surface area (Å²) < 4.78 is 13.0. The SMILES string of the molecule is COC(=O)N/C=C(\C[C@H](NC(=O)OC)C(=O)O)NC(=O)OC. The molecule has 0 aliphatic heterocycles. The molecule has 0 spiro atoms. The van der Waals surface area contributed by atoms with Gasteiger partial charge in [0, 0.05) is 18.3 Å². The summed E-state index contributed by atoms with van der Waals surface area (Å²) in [6.45, 7) is 0. The lowest BCUT2D eigenvalue weighted by molar-refractivity contribution is -0.139. The van der Waals surface area contributed by atoms with Crippen molar-refractivity contribution in [2.45, 2.75) is 12.5 Å². The van der Waals surface area contributed by atoms with Crippen LogP contribution >= 0.6 is 0 Å². The quantitative estimate of drug-likeness (QED) is 0.488. The fourth-order valence-electron chi connectivity index (χ4n) is 1.15. The summed E-state index contributed by atoms with van der Waals surface area (Å²) in [7, 11) is 3.29. The maximum absolute atomic E-state index is 11.2. The minimum Gasteiger partial charge on any atom is -0.480 e. The largest absolute Gasteiger partial charge is 0.480 e. The van der Waals surface area contributed by atoms with Crippen LogP contribution in [0.3, 0.4) is 0 Å². The number of ether oxygens (including phenoxy) is 3. The predicted octanol–water partition coefficient (Wildman–Crippen LogP) is -0.261. The molecule has 0 unspecified atom stereocenters. The van der Waals surface area contributed by atoms with Crippen molar-refractivity contribution < 1.29 is 38.5 Å². The first-order valence-corrected chi connectivity index (χ1v) is 5.79. The van der Waals surface area contributed by atoms with Gasteiger partial charge in [0.1, 0.15) is 6.04 Å². The maximum Gasteiger partial charge on any atom is 0.411 e. The van der Waals surface area contributed by atoms with E-state index in [1.807, 2.05) is 0 Å². The van der Waals surface area contributed by atoms with E-state index in [-0.39, 0.29) is 12.1 Å². The molecule has 1 atom stereocenters. The van der Waals surface area contributed by atoms with Gasteiger partial charge in [-0.05, 0) is 0 Å². The minimum atomic E-state index is -1.41. The first-order valence-electron chi connectivity index (χ1n) is 5.79. The molecule has 0 aromatic carbocycles. The molecule has 0 radical (unpaired) electrons. The molecule has 0 aliphatic rings. The number of carboxylic acids is 1. The number of nitrogens with one attached hydrogen (secondary N) is 3. The van der Waals surface area contributed by atoms with E-state index < -0.39 is 30.3 Å². The van der Waals surface area contributed by atoms with Crippen molar-refractivity contribution in [3.8, 4) is 0 Å². The molecule has 0 heterocycles. The fourth-order valence-corrected chi connectivity index (χ4v) is 1.15. The molecule has 22 heavy (non-hydrogen) atoms. The lowest BCUT2D eigenvalue weighted by Gasteiger charge is -2.16. The van der Waals surface area contributed by atoms with Crippen LogP contribution in [0.15, 0.2) is 11.9 Å². The highest BCUT2D eigenvalue weighted by molar-refractivity contribution is 5.80. The van der Waals surface area contributed by atoms with Gasteiger partial charge in [0.05, 0.1) is 21.3 Å². The third-order valence-corrected chi connectivity index (χ3v) is 2.20. The van der Waals surface area contributed by atoms with E-state index in [1.54, 1.807) is 0 Å². The van der Waals surface area contributed by atoms with Crippen molar-refractivity contribution in [2.75, 3.05) is 21.3 Å². The van der Waals surface area contributed by atoms with Crippen molar-refractivity contribution in [3.63, 3.8) is 0 Å². The van der Waals surface area contributed by atoms with Crippen LogP contribution in [0.2, 0.25) is 0 Å².